The molecule has 0 aromatic heterocycles. The second-order valence-corrected chi connectivity index (χ2v) is 4.41. The van der Waals surface area contributed by atoms with Gasteiger partial charge in [-0.05, 0) is 18.2 Å². The van der Waals surface area contributed by atoms with Crippen LogP contribution in [-0.4, -0.2) is 23.7 Å². The van der Waals surface area contributed by atoms with Crippen LogP contribution in [0.25, 0.3) is 0 Å². The summed E-state index contributed by atoms with van der Waals surface area (Å²) < 4.78 is 5.61. The van der Waals surface area contributed by atoms with Crippen molar-refractivity contribution in [1.29, 1.82) is 0 Å². The highest BCUT2D eigenvalue weighted by Crippen LogP contribution is 2.33. The van der Waals surface area contributed by atoms with E-state index in [0.29, 0.717) is 12.0 Å². The average Bonchev–Trinajstić information content (AvgIpc) is 2.53. The molecule has 0 aliphatic carbocycles. The summed E-state index contributed by atoms with van der Waals surface area (Å²) in [5.41, 5.74) is 3.52. The molecule has 0 spiro atoms. The molecular formula is C16H15NO4. The van der Waals surface area contributed by atoms with Gasteiger partial charge in [0.1, 0.15) is 11.5 Å². The standard InChI is InChI=1S/C16H15NO4/c17-10-15(20)16(11-18,13-8-4-5-9-14(13)19)21-12-6-2-1-3-7-12/h1-9,11,19H,10,17H2. The second-order valence-electron chi connectivity index (χ2n) is 4.41. The number of hydrogen-bond donors (Lipinski definition) is 2. The zero-order chi connectivity index (χ0) is 15.3. The van der Waals surface area contributed by atoms with E-state index in [2.05, 4.69) is 0 Å². The number of para-hydroxylation sites is 2. The van der Waals surface area contributed by atoms with E-state index in [0.717, 1.165) is 0 Å². The molecule has 0 amide bonds. The van der Waals surface area contributed by atoms with Crippen LogP contribution < -0.4 is 10.5 Å². The average molecular weight is 285 g/mol. The number of nitrogens with two attached hydrogens (primary N) is 1. The molecule has 2 aromatic rings. The van der Waals surface area contributed by atoms with Crippen molar-refractivity contribution in [3.63, 3.8) is 0 Å². The number of phenolic OH excluding ortho intramolecular Hbond substituents is 1. The SMILES string of the molecule is NCC(=O)C(C=O)(Oc1ccccc1)c1ccccc1O. The molecule has 0 aliphatic rings. The number of benzene rings is 2. The minimum absolute atomic E-state index is 0.0688. The lowest BCUT2D eigenvalue weighted by molar-refractivity contribution is -0.141. The molecule has 108 valence electrons. The maximum atomic E-state index is 12.2. The summed E-state index contributed by atoms with van der Waals surface area (Å²) in [4.78, 5) is 23.9. The molecule has 0 radical (unpaired) electrons. The van der Waals surface area contributed by atoms with Crippen LogP contribution in [0.3, 0.4) is 0 Å². The lowest BCUT2D eigenvalue weighted by Crippen LogP contribution is -2.46. The molecule has 0 saturated carbocycles. The fourth-order valence-corrected chi connectivity index (χ4v) is 2.03. The molecule has 2 rings (SSSR count). The molecule has 21 heavy (non-hydrogen) atoms. The molecule has 2 aromatic carbocycles. The number of hydrogen-bond acceptors (Lipinski definition) is 5. The Kier molecular flexibility index (Phi) is 4.35. The third kappa shape index (κ3) is 2.78. The van der Waals surface area contributed by atoms with Gasteiger partial charge in [-0.2, -0.15) is 0 Å². The predicted molar refractivity (Wildman–Crippen MR) is 77.0 cm³/mol. The van der Waals surface area contributed by atoms with E-state index in [4.69, 9.17) is 10.5 Å². The van der Waals surface area contributed by atoms with Crippen LogP contribution in [0.1, 0.15) is 5.56 Å². The number of aldehydes is 1. The van der Waals surface area contributed by atoms with E-state index in [1.54, 1.807) is 42.5 Å². The van der Waals surface area contributed by atoms with Gasteiger partial charge in [-0.3, -0.25) is 9.59 Å². The van der Waals surface area contributed by atoms with E-state index >= 15 is 0 Å². The number of carbonyl (C=O) groups is 2. The molecule has 3 N–H and O–H groups in total. The Morgan fingerprint density at radius 1 is 1.14 bits per heavy atom. The largest absolute Gasteiger partial charge is 0.507 e. The van der Waals surface area contributed by atoms with Crippen molar-refractivity contribution >= 4 is 12.1 Å². The molecule has 1 atom stereocenters. The van der Waals surface area contributed by atoms with Crippen molar-refractivity contribution in [1.82, 2.24) is 0 Å². The molecule has 0 fully saturated rings. The van der Waals surface area contributed by atoms with Crippen LogP contribution in [0.4, 0.5) is 0 Å². The summed E-state index contributed by atoms with van der Waals surface area (Å²) in [6.45, 7) is -0.389. The fourth-order valence-electron chi connectivity index (χ4n) is 2.03. The molecule has 0 saturated heterocycles. The first-order valence-corrected chi connectivity index (χ1v) is 6.36. The number of aromatic hydroxyl groups is 1. The van der Waals surface area contributed by atoms with Gasteiger partial charge < -0.3 is 15.6 Å². The van der Waals surface area contributed by atoms with Crippen molar-refractivity contribution in [3.05, 3.63) is 60.2 Å². The van der Waals surface area contributed by atoms with Crippen LogP contribution in [0.15, 0.2) is 54.6 Å². The summed E-state index contributed by atoms with van der Waals surface area (Å²) in [5, 5.41) is 9.97. The van der Waals surface area contributed by atoms with Crippen LogP contribution in [-0.2, 0) is 15.2 Å². The van der Waals surface area contributed by atoms with E-state index in [9.17, 15) is 14.7 Å². The van der Waals surface area contributed by atoms with Gasteiger partial charge in [-0.15, -0.1) is 0 Å². The van der Waals surface area contributed by atoms with Gasteiger partial charge in [-0.25, -0.2) is 0 Å². The lowest BCUT2D eigenvalue weighted by Gasteiger charge is -2.28. The Bertz CT molecular complexity index is 642. The quantitative estimate of drug-likeness (QED) is 0.618. The smallest absolute Gasteiger partial charge is 0.251 e. The normalized spacial score (nSPS) is 13.2. The first-order valence-electron chi connectivity index (χ1n) is 6.36. The monoisotopic (exact) mass is 285 g/mol. The Morgan fingerprint density at radius 2 is 1.76 bits per heavy atom. The van der Waals surface area contributed by atoms with Gasteiger partial charge in [0.2, 0.25) is 5.78 Å². The summed E-state index contributed by atoms with van der Waals surface area (Å²) in [6, 6.07) is 14.5. The number of Topliss-reactive ketones (excluding diaryl/α,β-unsaturated/α-hetero) is 1. The molecule has 5 nitrogen and oxygen atoms in total. The Morgan fingerprint density at radius 3 is 2.33 bits per heavy atom. The highest BCUT2D eigenvalue weighted by Gasteiger charge is 2.43. The molecule has 0 bridgehead atoms. The molecule has 5 heteroatoms. The Balaban J connectivity index is 2.56. The van der Waals surface area contributed by atoms with Gasteiger partial charge >= 0.3 is 0 Å². The fraction of sp³-hybridized carbons (Fsp3) is 0.125. The molecule has 0 aliphatic heterocycles. The number of rotatable bonds is 6. The van der Waals surface area contributed by atoms with Gasteiger partial charge in [0.15, 0.2) is 6.29 Å². The third-order valence-electron chi connectivity index (χ3n) is 3.09. The Labute approximate surface area is 122 Å². The second kappa shape index (κ2) is 6.19. The molecule has 1 unspecified atom stereocenters. The highest BCUT2D eigenvalue weighted by atomic mass is 16.5. The number of ether oxygens (including phenoxy) is 1. The number of ketones is 1. The maximum absolute atomic E-state index is 12.2. The van der Waals surface area contributed by atoms with Crippen LogP contribution in [0.2, 0.25) is 0 Å². The zero-order valence-electron chi connectivity index (χ0n) is 11.2. The molecule has 0 heterocycles. The first kappa shape index (κ1) is 14.7. The van der Waals surface area contributed by atoms with Gasteiger partial charge in [-0.1, -0.05) is 36.4 Å². The number of carbonyl (C=O) groups excluding carboxylic acids is 2. The Hall–Kier alpha value is -2.66. The van der Waals surface area contributed by atoms with Crippen molar-refractivity contribution in [2.75, 3.05) is 6.54 Å². The first-order chi connectivity index (χ1) is 10.1. The van der Waals surface area contributed by atoms with Crippen molar-refractivity contribution < 1.29 is 19.4 Å². The topological polar surface area (TPSA) is 89.6 Å². The zero-order valence-corrected chi connectivity index (χ0v) is 11.2. The summed E-state index contributed by atoms with van der Waals surface area (Å²) in [5.74, 6) is -0.514. The maximum Gasteiger partial charge on any atom is 0.251 e. The lowest BCUT2D eigenvalue weighted by atomic mass is 9.89. The minimum Gasteiger partial charge on any atom is -0.507 e. The van der Waals surface area contributed by atoms with Crippen LogP contribution >= 0.6 is 0 Å². The van der Waals surface area contributed by atoms with E-state index in [1.165, 1.54) is 12.1 Å². The third-order valence-corrected chi connectivity index (χ3v) is 3.09. The minimum atomic E-state index is -1.96. The van der Waals surface area contributed by atoms with E-state index < -0.39 is 11.4 Å². The molecular weight excluding hydrogens is 270 g/mol. The number of phenols is 1. The van der Waals surface area contributed by atoms with Crippen molar-refractivity contribution in [2.24, 2.45) is 5.73 Å². The van der Waals surface area contributed by atoms with Gasteiger partial charge in [0.05, 0.1) is 12.1 Å². The van der Waals surface area contributed by atoms with Gasteiger partial charge in [0.25, 0.3) is 5.60 Å². The van der Waals surface area contributed by atoms with Crippen LogP contribution in [0.5, 0.6) is 11.5 Å². The summed E-state index contributed by atoms with van der Waals surface area (Å²) in [6.07, 6.45) is 0.365. The van der Waals surface area contributed by atoms with Crippen molar-refractivity contribution in [3.8, 4) is 11.5 Å². The highest BCUT2D eigenvalue weighted by molar-refractivity contribution is 6.04. The summed E-state index contributed by atoms with van der Waals surface area (Å²) in [7, 11) is 0. The predicted octanol–water partition coefficient (Wildman–Crippen LogP) is 1.39. The van der Waals surface area contributed by atoms with Crippen LogP contribution in [0, 0.1) is 0 Å². The van der Waals surface area contributed by atoms with Gasteiger partial charge in [0, 0.05) is 0 Å². The van der Waals surface area contributed by atoms with E-state index in [-0.39, 0.29) is 17.9 Å². The van der Waals surface area contributed by atoms with Crippen molar-refractivity contribution in [2.45, 2.75) is 5.60 Å². The summed E-state index contributed by atoms with van der Waals surface area (Å²) >= 11 is 0. The van der Waals surface area contributed by atoms with E-state index in [1.807, 2.05) is 0 Å².